The topological polar surface area (TPSA) is 58.9 Å². The Bertz CT molecular complexity index is 2000. The van der Waals surface area contributed by atoms with Gasteiger partial charge in [-0.2, -0.15) is 39.5 Å². The number of ether oxygens (including phenoxy) is 2. The van der Waals surface area contributed by atoms with Crippen LogP contribution in [0.25, 0.3) is 11.1 Å². The van der Waals surface area contributed by atoms with Gasteiger partial charge in [0.15, 0.2) is 0 Å². The fourth-order valence-corrected chi connectivity index (χ4v) is 7.82. The van der Waals surface area contributed by atoms with Crippen molar-refractivity contribution in [3.05, 3.63) is 115 Å². The number of aliphatic hydroxyl groups excluding tert-OH is 2. The Morgan fingerprint density at radius 2 is 0.868 bits per heavy atom. The summed E-state index contributed by atoms with van der Waals surface area (Å²) in [5.74, 6) is 0.126. The normalized spacial score (nSPS) is 16.1. The van der Waals surface area contributed by atoms with Crippen LogP contribution >= 0.6 is 0 Å². The van der Waals surface area contributed by atoms with E-state index in [1.54, 1.807) is 12.1 Å². The van der Waals surface area contributed by atoms with Crippen molar-refractivity contribution in [3.8, 4) is 22.6 Å². The minimum absolute atomic E-state index is 0.00301. The highest BCUT2D eigenvalue weighted by Gasteiger charge is 2.39. The third-order valence-corrected chi connectivity index (χ3v) is 10.2. The van der Waals surface area contributed by atoms with Crippen molar-refractivity contribution in [2.75, 3.05) is 14.2 Å². The third kappa shape index (κ3) is 7.47. The van der Waals surface area contributed by atoms with Crippen LogP contribution in [-0.2, 0) is 44.2 Å². The van der Waals surface area contributed by atoms with Gasteiger partial charge in [-0.1, -0.05) is 11.6 Å². The molecule has 0 saturated carbocycles. The van der Waals surface area contributed by atoms with Crippen molar-refractivity contribution < 1.29 is 59.2 Å². The average molecular weight is 753 g/mol. The van der Waals surface area contributed by atoms with Gasteiger partial charge in [-0.25, -0.2) is 0 Å². The lowest BCUT2D eigenvalue weighted by atomic mass is 9.77. The van der Waals surface area contributed by atoms with Gasteiger partial charge in [0.05, 0.1) is 30.9 Å². The van der Waals surface area contributed by atoms with E-state index < -0.39 is 53.0 Å². The van der Waals surface area contributed by atoms with E-state index in [-0.39, 0.29) is 39.8 Å². The molecule has 0 radical (unpaired) electrons. The van der Waals surface area contributed by atoms with E-state index in [1.165, 1.54) is 27.2 Å². The average Bonchev–Trinajstić information content (AvgIpc) is 3.11. The van der Waals surface area contributed by atoms with Crippen LogP contribution < -0.4 is 9.47 Å². The zero-order valence-corrected chi connectivity index (χ0v) is 29.0. The smallest absolute Gasteiger partial charge is 0.416 e. The molecular weight excluding hydrogens is 715 g/mol. The molecule has 0 aromatic heterocycles. The Morgan fingerprint density at radius 1 is 0.509 bits per heavy atom. The molecule has 0 amide bonds. The lowest BCUT2D eigenvalue weighted by molar-refractivity contribution is -0.143. The first-order chi connectivity index (χ1) is 24.8. The highest BCUT2D eigenvalue weighted by molar-refractivity contribution is 5.86. The first-order valence-electron chi connectivity index (χ1n) is 17.1. The maximum absolute atomic E-state index is 13.9. The molecule has 0 heterocycles. The summed E-state index contributed by atoms with van der Waals surface area (Å²) in [4.78, 5) is 0. The summed E-state index contributed by atoms with van der Waals surface area (Å²) in [6.07, 6.45) is -13.5. The summed E-state index contributed by atoms with van der Waals surface area (Å²) in [6.45, 7) is 1.48. The fraction of sp³-hybridized carbons (Fsp3) is 0.400. The van der Waals surface area contributed by atoms with Crippen molar-refractivity contribution in [1.29, 1.82) is 0 Å². The van der Waals surface area contributed by atoms with Crippen LogP contribution in [0.3, 0.4) is 0 Å². The van der Waals surface area contributed by atoms with Crippen LogP contribution in [0.15, 0.2) is 48.5 Å². The lowest BCUT2D eigenvalue weighted by Gasteiger charge is -2.31. The molecule has 2 N–H and O–H groups in total. The predicted octanol–water partition coefficient (Wildman–Crippen LogP) is 10.7. The van der Waals surface area contributed by atoms with E-state index in [0.29, 0.717) is 54.5 Å². The Morgan fingerprint density at radius 3 is 1.25 bits per heavy atom. The van der Waals surface area contributed by atoms with E-state index in [0.717, 1.165) is 54.5 Å². The molecule has 53 heavy (non-hydrogen) atoms. The molecule has 2 atom stereocenters. The summed E-state index contributed by atoms with van der Waals surface area (Å²) in [5, 5.41) is 23.6. The quantitative estimate of drug-likeness (QED) is 0.185. The summed E-state index contributed by atoms with van der Waals surface area (Å²) >= 11 is 0. The number of fused-ring (bicyclic) bond motifs is 2. The van der Waals surface area contributed by atoms with E-state index >= 15 is 0 Å². The maximum atomic E-state index is 13.9. The summed E-state index contributed by atoms with van der Waals surface area (Å²) < 4.78 is 137. The molecule has 2 unspecified atom stereocenters. The standard InChI is InChI=1S/C40H37F9O4/c1-20-12-23(14-25(13-20)38(41,42)43)34(50)30-17-21-8-4-6-10-28(21)32(36(30)52-2)33-29-11-7-5-9-22(29)18-31(37(33)53-3)35(51)24-15-26(39(44,45)46)19-27(16-24)40(47,48)49/h12-19,34-35,50-51H,4-11H2,1-3H3. The molecule has 0 bridgehead atoms. The molecule has 2 aliphatic carbocycles. The predicted molar refractivity (Wildman–Crippen MR) is 179 cm³/mol. The molecule has 2 aliphatic rings. The van der Waals surface area contributed by atoms with Gasteiger partial charge in [-0.15, -0.1) is 0 Å². The third-order valence-electron chi connectivity index (χ3n) is 10.2. The van der Waals surface area contributed by atoms with Gasteiger partial charge in [0, 0.05) is 22.3 Å². The van der Waals surface area contributed by atoms with Crippen molar-refractivity contribution in [1.82, 2.24) is 0 Å². The van der Waals surface area contributed by atoms with Crippen LogP contribution in [0.2, 0.25) is 0 Å². The maximum Gasteiger partial charge on any atom is 0.416 e. The van der Waals surface area contributed by atoms with Gasteiger partial charge in [-0.05, 0) is 134 Å². The molecule has 284 valence electrons. The van der Waals surface area contributed by atoms with Crippen molar-refractivity contribution in [2.24, 2.45) is 0 Å². The van der Waals surface area contributed by atoms with Crippen LogP contribution in [0.5, 0.6) is 11.5 Å². The fourth-order valence-electron chi connectivity index (χ4n) is 7.82. The summed E-state index contributed by atoms with van der Waals surface area (Å²) in [6, 6.07) is 7.52. The van der Waals surface area contributed by atoms with Gasteiger partial charge >= 0.3 is 18.5 Å². The van der Waals surface area contributed by atoms with Crippen molar-refractivity contribution in [2.45, 2.75) is 89.0 Å². The zero-order chi connectivity index (χ0) is 38.6. The van der Waals surface area contributed by atoms with Gasteiger partial charge in [0.1, 0.15) is 23.7 Å². The molecule has 4 nitrogen and oxygen atoms in total. The minimum atomic E-state index is -5.15. The number of rotatable bonds is 7. The van der Waals surface area contributed by atoms with E-state index in [4.69, 9.17) is 9.47 Å². The molecule has 13 heteroatoms. The van der Waals surface area contributed by atoms with E-state index in [9.17, 15) is 49.7 Å². The number of halogens is 9. The highest BCUT2D eigenvalue weighted by Crippen LogP contribution is 2.53. The molecule has 4 aromatic rings. The van der Waals surface area contributed by atoms with Crippen LogP contribution in [-0.4, -0.2) is 24.4 Å². The van der Waals surface area contributed by atoms with Gasteiger partial charge in [0.25, 0.3) is 0 Å². The number of benzene rings is 4. The summed E-state index contributed by atoms with van der Waals surface area (Å²) in [7, 11) is 2.63. The zero-order valence-electron chi connectivity index (χ0n) is 29.0. The Kier molecular flexibility index (Phi) is 10.3. The number of aliphatic hydroxyl groups is 2. The first kappa shape index (κ1) is 38.5. The van der Waals surface area contributed by atoms with Crippen molar-refractivity contribution in [3.63, 3.8) is 0 Å². The second kappa shape index (κ2) is 14.2. The number of methoxy groups -OCH3 is 2. The largest absolute Gasteiger partial charge is 0.496 e. The van der Waals surface area contributed by atoms with Gasteiger partial charge in [0.2, 0.25) is 0 Å². The Labute approximate surface area is 300 Å². The molecule has 6 rings (SSSR count). The summed E-state index contributed by atoms with van der Waals surface area (Å²) in [5.41, 5.74) is -0.461. The SMILES string of the molecule is COc1c(C(O)c2cc(C)cc(C(F)(F)F)c2)cc2c(c1-c1c3c(cc(C(O)c4cc(C(F)(F)F)cc(C(F)(F)F)c4)c1OC)CCCC3)CCCC2. The van der Waals surface area contributed by atoms with Crippen LogP contribution in [0.1, 0.15) is 105 Å². The number of hydrogen-bond donors (Lipinski definition) is 2. The molecule has 4 aromatic carbocycles. The first-order valence-corrected chi connectivity index (χ1v) is 17.1. The molecule has 0 aliphatic heterocycles. The van der Waals surface area contributed by atoms with Gasteiger partial charge in [-0.3, -0.25) is 0 Å². The van der Waals surface area contributed by atoms with E-state index in [1.807, 2.05) is 0 Å². The number of hydrogen-bond acceptors (Lipinski definition) is 4. The van der Waals surface area contributed by atoms with Crippen molar-refractivity contribution >= 4 is 0 Å². The second-order valence-electron chi connectivity index (χ2n) is 13.7. The molecular formula is C40H37F9O4. The minimum Gasteiger partial charge on any atom is -0.496 e. The molecule has 0 fully saturated rings. The van der Waals surface area contributed by atoms with E-state index in [2.05, 4.69) is 0 Å². The monoisotopic (exact) mass is 752 g/mol. The molecule has 0 spiro atoms. The van der Waals surface area contributed by atoms with Crippen LogP contribution in [0.4, 0.5) is 39.5 Å². The van der Waals surface area contributed by atoms with Gasteiger partial charge < -0.3 is 19.7 Å². The second-order valence-corrected chi connectivity index (χ2v) is 13.7. The Hall–Kier alpha value is -4.23. The van der Waals surface area contributed by atoms with Crippen LogP contribution in [0, 0.1) is 6.92 Å². The lowest BCUT2D eigenvalue weighted by Crippen LogP contribution is -2.16. The Balaban J connectivity index is 1.65. The number of alkyl halides is 9. The molecule has 0 saturated heterocycles. The number of aryl methyl sites for hydroxylation is 3. The highest BCUT2D eigenvalue weighted by atomic mass is 19.4.